The molecule has 2 heterocycles. The molecule has 4 amide bonds. The Hall–Kier alpha value is -6.47. The van der Waals surface area contributed by atoms with E-state index in [1.165, 1.54) is 42.2 Å². The van der Waals surface area contributed by atoms with Crippen LogP contribution in [-0.4, -0.2) is 85.1 Å². The minimum atomic E-state index is -4.45. The molecule has 0 radical (unpaired) electrons. The molecule has 0 bridgehead atoms. The quantitative estimate of drug-likeness (QED) is 0.118. The number of nitriles is 1. The number of sulfonamides is 1. The van der Waals surface area contributed by atoms with Crippen LogP contribution in [0.2, 0.25) is 0 Å². The van der Waals surface area contributed by atoms with Crippen molar-refractivity contribution < 1.29 is 41.8 Å². The number of fused-ring (bicyclic) bond motifs is 1. The number of nitrogens with zero attached hydrogens (tertiary/aromatic N) is 3. The fraction of sp³-hybridized carbons (Fsp3) is 0.391. The molecule has 328 valence electrons. The molecule has 0 aliphatic carbocycles. The van der Waals surface area contributed by atoms with Crippen molar-refractivity contribution in [2.24, 2.45) is 5.41 Å². The molecule has 16 heteroatoms. The number of hydrogen-bond acceptors (Lipinski definition) is 11. The van der Waals surface area contributed by atoms with Crippen molar-refractivity contribution in [2.45, 2.75) is 102 Å². The Morgan fingerprint density at radius 2 is 1.66 bits per heavy atom. The Labute approximate surface area is 362 Å². The summed E-state index contributed by atoms with van der Waals surface area (Å²) in [5.41, 5.74) is -1.35. The molecule has 1 fully saturated rings. The second-order valence-corrected chi connectivity index (χ2v) is 19.1. The van der Waals surface area contributed by atoms with Crippen LogP contribution in [0.15, 0.2) is 96.4 Å². The smallest absolute Gasteiger partial charge is 0.408 e. The molecule has 5 rings (SSSR count). The molecule has 4 atom stereocenters. The highest BCUT2D eigenvalue weighted by Gasteiger charge is 2.48. The van der Waals surface area contributed by atoms with Crippen molar-refractivity contribution in [3.8, 4) is 28.8 Å². The van der Waals surface area contributed by atoms with Crippen LogP contribution in [0.1, 0.15) is 73.3 Å². The van der Waals surface area contributed by atoms with Crippen LogP contribution in [0.3, 0.4) is 0 Å². The summed E-state index contributed by atoms with van der Waals surface area (Å²) in [6.07, 6.45) is -0.00511. The maximum atomic E-state index is 14.8. The number of pyridine rings is 1. The van der Waals surface area contributed by atoms with Gasteiger partial charge in [0.15, 0.2) is 0 Å². The highest BCUT2D eigenvalue weighted by atomic mass is 32.2. The second kappa shape index (κ2) is 18.7. The highest BCUT2D eigenvalue weighted by Crippen LogP contribution is 2.35. The summed E-state index contributed by atoms with van der Waals surface area (Å²) in [4.78, 5) is 62.5. The Bertz CT molecular complexity index is 2470. The molecule has 15 nitrogen and oxygen atoms in total. The van der Waals surface area contributed by atoms with E-state index < -0.39 is 68.6 Å². The molecule has 0 spiro atoms. The van der Waals surface area contributed by atoms with E-state index in [4.69, 9.17) is 24.5 Å². The van der Waals surface area contributed by atoms with Crippen LogP contribution in [0.4, 0.5) is 4.79 Å². The number of allylic oxidation sites excluding steroid dienone is 1. The summed E-state index contributed by atoms with van der Waals surface area (Å²) >= 11 is 0. The normalized spacial score (nSPS) is 16.9. The summed E-state index contributed by atoms with van der Waals surface area (Å²) in [5, 5.41) is 15.3. The number of carbonyl (C=O) groups is 4. The Kier molecular flexibility index (Phi) is 14.0. The minimum absolute atomic E-state index is 0.0514. The van der Waals surface area contributed by atoms with Crippen LogP contribution in [0, 0.1) is 16.7 Å². The summed E-state index contributed by atoms with van der Waals surface area (Å²) in [6.45, 7) is 15.4. The van der Waals surface area contributed by atoms with Gasteiger partial charge in [0.05, 0.1) is 41.4 Å². The number of hydrogen-bond donors (Lipinski definition) is 3. The van der Waals surface area contributed by atoms with E-state index in [0.717, 1.165) is 5.56 Å². The predicted octanol–water partition coefficient (Wildman–Crippen LogP) is 6.42. The molecule has 1 aliphatic rings. The highest BCUT2D eigenvalue weighted by molar-refractivity contribution is 7.90. The van der Waals surface area contributed by atoms with Crippen molar-refractivity contribution >= 4 is 44.7 Å². The van der Waals surface area contributed by atoms with Crippen molar-refractivity contribution in [3.63, 3.8) is 0 Å². The van der Waals surface area contributed by atoms with Gasteiger partial charge in [0.2, 0.25) is 11.8 Å². The Balaban J connectivity index is 1.53. The van der Waals surface area contributed by atoms with Gasteiger partial charge in [-0.1, -0.05) is 57.2 Å². The number of carbonyl (C=O) groups excluding carboxylic acids is 4. The van der Waals surface area contributed by atoms with Gasteiger partial charge in [0.1, 0.15) is 40.8 Å². The first-order valence-electron chi connectivity index (χ1n) is 20.1. The summed E-state index contributed by atoms with van der Waals surface area (Å²) in [6, 6.07) is 21.1. The molecule has 1 aliphatic heterocycles. The zero-order chi connectivity index (χ0) is 45.6. The third-order valence-corrected chi connectivity index (χ3v) is 11.6. The molecule has 3 aromatic carbocycles. The average molecular weight is 867 g/mol. The van der Waals surface area contributed by atoms with Crippen LogP contribution >= 0.6 is 0 Å². The standard InChI is InChI=1S/C46H54N6O9S/c1-10-11-23-46(8,42(55)51-62(57,58)33-20-17-29(27-47)18-21-33)50-40(53)37-25-32(28-52(37)41(54)39(44(2,3)4)49-43(56)61-45(5,6)7)60-38-26-35(30-15-13-12-14-16-30)48-36-24-31(59-9)19-22-34(36)38/h10,12-22,24,26,32,37,39H,1,11,23,25,28H2,2-9H3,(H,49,56)(H,50,53)(H,51,55)/t32-,37+,39?,46+/m1/s1. The number of methoxy groups -OCH3 is 1. The number of likely N-dealkylation sites (tertiary alicyclic amines) is 1. The number of alkyl carbamates (subject to hydrolysis) is 1. The molecule has 4 aromatic rings. The number of benzene rings is 3. The largest absolute Gasteiger partial charge is 0.497 e. The van der Waals surface area contributed by atoms with Crippen molar-refractivity contribution in [1.82, 2.24) is 25.2 Å². The first-order valence-corrected chi connectivity index (χ1v) is 21.6. The van der Waals surface area contributed by atoms with E-state index in [0.29, 0.717) is 28.1 Å². The maximum absolute atomic E-state index is 14.8. The number of amides is 4. The number of nitrogens with one attached hydrogen (secondary N) is 3. The molecular weight excluding hydrogens is 813 g/mol. The molecule has 1 unspecified atom stereocenters. The average Bonchev–Trinajstić information content (AvgIpc) is 3.64. The SMILES string of the molecule is C=CCC[C@](C)(NC(=O)[C@@H]1C[C@@H](Oc2cc(-c3ccccc3)nc3cc(OC)ccc23)CN1C(=O)C(NC(=O)OC(C)(C)C)C(C)(C)C)C(=O)NS(=O)(=O)c1ccc(C#N)cc1. The molecule has 3 N–H and O–H groups in total. The second-order valence-electron chi connectivity index (χ2n) is 17.4. The van der Waals surface area contributed by atoms with Crippen molar-refractivity contribution in [2.75, 3.05) is 13.7 Å². The first kappa shape index (κ1) is 46.6. The molecule has 62 heavy (non-hydrogen) atoms. The van der Waals surface area contributed by atoms with E-state index in [2.05, 4.69) is 21.9 Å². The van der Waals surface area contributed by atoms with Gasteiger partial charge in [0.25, 0.3) is 15.9 Å². The summed E-state index contributed by atoms with van der Waals surface area (Å²) in [5.74, 6) is -1.40. The van der Waals surface area contributed by atoms with Crippen molar-refractivity contribution in [1.29, 1.82) is 5.26 Å². The minimum Gasteiger partial charge on any atom is -0.497 e. The van der Waals surface area contributed by atoms with E-state index in [1.54, 1.807) is 66.9 Å². The monoisotopic (exact) mass is 866 g/mol. The third kappa shape index (κ3) is 11.3. The van der Waals surface area contributed by atoms with Gasteiger partial charge in [-0.15, -0.1) is 6.58 Å². The predicted molar refractivity (Wildman–Crippen MR) is 233 cm³/mol. The van der Waals surface area contributed by atoms with Gasteiger partial charge in [-0.2, -0.15) is 5.26 Å². The first-order chi connectivity index (χ1) is 29.1. The fourth-order valence-electron chi connectivity index (χ4n) is 6.93. The number of aromatic nitrogens is 1. The van der Waals surface area contributed by atoms with E-state index in [1.807, 2.05) is 42.5 Å². The van der Waals surface area contributed by atoms with Gasteiger partial charge in [-0.25, -0.2) is 22.9 Å². The van der Waals surface area contributed by atoms with Gasteiger partial charge in [-0.05, 0) is 82.3 Å². The lowest BCUT2D eigenvalue weighted by molar-refractivity contribution is -0.143. The summed E-state index contributed by atoms with van der Waals surface area (Å²) in [7, 11) is -2.90. The lowest BCUT2D eigenvalue weighted by atomic mass is 9.85. The zero-order valence-corrected chi connectivity index (χ0v) is 37.1. The third-order valence-electron chi connectivity index (χ3n) is 10.2. The van der Waals surface area contributed by atoms with E-state index >= 15 is 0 Å². The van der Waals surface area contributed by atoms with E-state index in [9.17, 15) is 27.6 Å². The van der Waals surface area contributed by atoms with Gasteiger partial charge in [0, 0.05) is 29.5 Å². The maximum Gasteiger partial charge on any atom is 0.408 e. The Morgan fingerprint density at radius 1 is 0.984 bits per heavy atom. The topological polar surface area (TPSA) is 206 Å². The molecular formula is C46H54N6O9S. The van der Waals surface area contributed by atoms with Crippen LogP contribution in [0.25, 0.3) is 22.2 Å². The Morgan fingerprint density at radius 3 is 2.26 bits per heavy atom. The number of rotatable bonds is 14. The zero-order valence-electron chi connectivity index (χ0n) is 36.3. The van der Waals surface area contributed by atoms with Crippen molar-refractivity contribution in [3.05, 3.63) is 97.1 Å². The van der Waals surface area contributed by atoms with Crippen LogP contribution < -0.4 is 24.8 Å². The lowest BCUT2D eigenvalue weighted by Crippen LogP contribution is -2.62. The van der Waals surface area contributed by atoms with Gasteiger partial charge in [-0.3, -0.25) is 14.4 Å². The fourth-order valence-corrected chi connectivity index (χ4v) is 8.01. The lowest BCUT2D eigenvalue weighted by Gasteiger charge is -2.36. The number of ether oxygens (including phenoxy) is 3. The van der Waals surface area contributed by atoms with Gasteiger partial charge >= 0.3 is 6.09 Å². The van der Waals surface area contributed by atoms with Gasteiger partial charge < -0.3 is 29.7 Å². The van der Waals surface area contributed by atoms with E-state index in [-0.39, 0.29) is 36.3 Å². The molecule has 0 saturated carbocycles. The molecule has 1 aromatic heterocycles. The molecule has 1 saturated heterocycles. The van der Waals surface area contributed by atoms with Crippen LogP contribution in [0.5, 0.6) is 11.5 Å². The summed E-state index contributed by atoms with van der Waals surface area (Å²) < 4.78 is 46.5. The van der Waals surface area contributed by atoms with Crippen LogP contribution in [-0.2, 0) is 29.1 Å².